The van der Waals surface area contributed by atoms with Gasteiger partial charge in [0.05, 0.1) is 6.33 Å². The minimum absolute atomic E-state index is 0.00762. The van der Waals surface area contributed by atoms with Crippen LogP contribution in [0.5, 0.6) is 0 Å². The lowest BCUT2D eigenvalue weighted by molar-refractivity contribution is -0.211. The molecule has 0 spiro atoms. The first-order chi connectivity index (χ1) is 15.1. The van der Waals surface area contributed by atoms with E-state index in [9.17, 15) is 23.1 Å². The summed E-state index contributed by atoms with van der Waals surface area (Å²) in [5.74, 6) is -1.68. The van der Waals surface area contributed by atoms with Crippen LogP contribution in [0.1, 0.15) is 37.8 Å². The molecule has 0 aliphatic carbocycles. The number of ether oxygens (including phenoxy) is 2. The van der Waals surface area contributed by atoms with E-state index in [0.717, 1.165) is 0 Å². The van der Waals surface area contributed by atoms with Gasteiger partial charge in [-0.3, -0.25) is 9.67 Å². The summed E-state index contributed by atoms with van der Waals surface area (Å²) in [5, 5.41) is 20.2. The van der Waals surface area contributed by atoms with Crippen LogP contribution in [0, 0.1) is 6.92 Å². The predicted octanol–water partition coefficient (Wildman–Crippen LogP) is 1.18. The maximum atomic E-state index is 12.9. The summed E-state index contributed by atoms with van der Waals surface area (Å²) in [4.78, 5) is 28.1. The highest BCUT2D eigenvalue weighted by Gasteiger charge is 2.53. The van der Waals surface area contributed by atoms with Crippen LogP contribution in [0.4, 0.5) is 19.0 Å². The fourth-order valence-corrected chi connectivity index (χ4v) is 3.31. The van der Waals surface area contributed by atoms with Crippen molar-refractivity contribution in [2.45, 2.75) is 57.5 Å². The van der Waals surface area contributed by atoms with Crippen LogP contribution in [0.2, 0.25) is 0 Å². The third-order valence-electron chi connectivity index (χ3n) is 4.62. The van der Waals surface area contributed by atoms with E-state index in [1.54, 1.807) is 6.92 Å². The molecule has 4 rings (SSSR count). The molecule has 4 heterocycles. The maximum Gasteiger partial charge on any atom is 0.490 e. The first-order valence-electron chi connectivity index (χ1n) is 9.50. The molecule has 4 atom stereocenters. The Morgan fingerprint density at radius 3 is 2.72 bits per heavy atom. The van der Waals surface area contributed by atoms with Crippen LogP contribution in [0.15, 0.2) is 12.7 Å². The largest absolute Gasteiger partial charge is 0.490 e. The van der Waals surface area contributed by atoms with E-state index in [0.29, 0.717) is 17.2 Å². The third kappa shape index (κ3) is 3.95. The molecule has 1 aliphatic heterocycles. The smallest absolute Gasteiger partial charge is 0.448 e. The molecule has 1 saturated heterocycles. The molecule has 0 amide bonds. The number of nitrogens with one attached hydrogen (secondary N) is 2. The number of carbonyl (C=O) groups is 1. The van der Waals surface area contributed by atoms with Crippen LogP contribution in [0.3, 0.4) is 0 Å². The monoisotopic (exact) mass is 456 g/mol. The highest BCUT2D eigenvalue weighted by molar-refractivity contribution is 5.82. The topological polar surface area (TPSA) is 153 Å². The lowest BCUT2D eigenvalue weighted by Gasteiger charge is -2.22. The van der Waals surface area contributed by atoms with Gasteiger partial charge in [0, 0.05) is 6.04 Å². The second-order valence-corrected chi connectivity index (χ2v) is 7.43. The highest BCUT2D eigenvalue weighted by Crippen LogP contribution is 2.41. The quantitative estimate of drug-likeness (QED) is 0.477. The van der Waals surface area contributed by atoms with E-state index in [1.807, 2.05) is 13.8 Å². The van der Waals surface area contributed by atoms with Crippen molar-refractivity contribution in [3.8, 4) is 0 Å². The summed E-state index contributed by atoms with van der Waals surface area (Å²) in [6.07, 6.45) is -8.89. The molecular weight excluding hydrogens is 437 g/mol. The average molecular weight is 456 g/mol. The van der Waals surface area contributed by atoms with Gasteiger partial charge in [-0.05, 0) is 20.8 Å². The summed E-state index contributed by atoms with van der Waals surface area (Å²) >= 11 is 0. The molecule has 3 N–H and O–H groups in total. The number of halogens is 3. The molecule has 32 heavy (non-hydrogen) atoms. The number of aryl methyl sites for hydroxylation is 1. The van der Waals surface area contributed by atoms with Gasteiger partial charge in [-0.25, -0.2) is 24.7 Å². The number of nitrogens with zero attached hydrogens (tertiary/aromatic N) is 6. The number of rotatable bonds is 5. The van der Waals surface area contributed by atoms with Crippen molar-refractivity contribution in [3.63, 3.8) is 0 Å². The van der Waals surface area contributed by atoms with Gasteiger partial charge in [0.1, 0.15) is 18.3 Å². The number of fused-ring (bicyclic) bond motifs is 1. The minimum atomic E-state index is -5.27. The normalized spacial score (nSPS) is 23.8. The summed E-state index contributed by atoms with van der Waals surface area (Å²) < 4.78 is 50.3. The number of anilines is 1. The van der Waals surface area contributed by atoms with Crippen LogP contribution < -0.4 is 5.32 Å². The number of esters is 1. The Labute approximate surface area is 178 Å². The van der Waals surface area contributed by atoms with Gasteiger partial charge in [0.25, 0.3) is 0 Å². The van der Waals surface area contributed by atoms with E-state index in [4.69, 9.17) is 4.74 Å². The van der Waals surface area contributed by atoms with Crippen molar-refractivity contribution < 1.29 is 32.5 Å². The Morgan fingerprint density at radius 1 is 1.34 bits per heavy atom. The van der Waals surface area contributed by atoms with Crippen LogP contribution in [-0.2, 0) is 14.3 Å². The SMILES string of the molecule is Cc1nc([C@H]2O[C@@H](n3cnc4c(NC(C)C)ncnc43)[C@H](OC(=O)C(F)(F)F)[C@@H]2O)n[nH]1. The molecule has 1 aliphatic rings. The van der Waals surface area contributed by atoms with Gasteiger partial charge in [0.15, 0.2) is 41.2 Å². The van der Waals surface area contributed by atoms with E-state index < -0.39 is 36.7 Å². The van der Waals surface area contributed by atoms with Crippen molar-refractivity contribution in [1.29, 1.82) is 0 Å². The zero-order valence-electron chi connectivity index (χ0n) is 17.0. The molecule has 0 radical (unpaired) electrons. The number of aromatic nitrogens is 7. The molecule has 15 heteroatoms. The number of aliphatic hydroxyl groups excluding tert-OH is 1. The van der Waals surface area contributed by atoms with E-state index >= 15 is 0 Å². The first-order valence-corrected chi connectivity index (χ1v) is 9.50. The lowest BCUT2D eigenvalue weighted by Crippen LogP contribution is -2.38. The lowest BCUT2D eigenvalue weighted by atomic mass is 10.1. The molecule has 0 unspecified atom stereocenters. The van der Waals surface area contributed by atoms with Crippen molar-refractivity contribution in [1.82, 2.24) is 34.7 Å². The van der Waals surface area contributed by atoms with Crippen molar-refractivity contribution in [2.75, 3.05) is 5.32 Å². The zero-order valence-corrected chi connectivity index (χ0v) is 17.0. The number of imidazole rings is 1. The Balaban J connectivity index is 1.75. The summed E-state index contributed by atoms with van der Waals surface area (Å²) in [6.45, 7) is 5.37. The van der Waals surface area contributed by atoms with Crippen molar-refractivity contribution in [3.05, 3.63) is 24.3 Å². The minimum Gasteiger partial charge on any atom is -0.448 e. The predicted molar refractivity (Wildman–Crippen MR) is 100 cm³/mol. The van der Waals surface area contributed by atoms with Gasteiger partial charge in [-0.15, -0.1) is 0 Å². The van der Waals surface area contributed by atoms with E-state index in [1.165, 1.54) is 17.2 Å². The number of carbonyl (C=O) groups excluding carboxylic acids is 1. The first kappa shape index (κ1) is 21.9. The van der Waals surface area contributed by atoms with E-state index in [-0.39, 0.29) is 17.5 Å². The summed E-state index contributed by atoms with van der Waals surface area (Å²) in [5.41, 5.74) is 0.512. The second-order valence-electron chi connectivity index (χ2n) is 7.43. The number of aliphatic hydroxyl groups is 1. The molecule has 0 aromatic carbocycles. The fraction of sp³-hybridized carbons (Fsp3) is 0.529. The van der Waals surface area contributed by atoms with Gasteiger partial charge < -0.3 is 19.9 Å². The molecular formula is C17H19F3N8O4. The summed E-state index contributed by atoms with van der Waals surface area (Å²) in [6, 6.07) is 0.0154. The number of alkyl halides is 3. The molecule has 0 bridgehead atoms. The fourth-order valence-electron chi connectivity index (χ4n) is 3.31. The molecule has 1 fully saturated rings. The Bertz CT molecular complexity index is 1130. The number of H-pyrrole nitrogens is 1. The van der Waals surface area contributed by atoms with Crippen LogP contribution >= 0.6 is 0 Å². The van der Waals surface area contributed by atoms with Gasteiger partial charge >= 0.3 is 12.1 Å². The molecule has 0 saturated carbocycles. The molecule has 172 valence electrons. The highest BCUT2D eigenvalue weighted by atomic mass is 19.4. The van der Waals surface area contributed by atoms with Gasteiger partial charge in [-0.2, -0.15) is 18.3 Å². The standard InChI is InChI=1S/C17H19F3N8O4/c1-6(2)24-12-8-14(22-4-21-12)28(5-23-8)15-11(32-16(30)17(18,19)20)9(29)10(31-15)13-25-7(3)26-27-13/h4-6,9-11,15,29H,1-3H3,(H,21,22,24)(H,25,26,27)/t9-,10+,11-,15-/m1/s1. The van der Waals surface area contributed by atoms with Crippen LogP contribution in [-0.4, -0.2) is 70.2 Å². The summed E-state index contributed by atoms with van der Waals surface area (Å²) in [7, 11) is 0. The number of hydrogen-bond donors (Lipinski definition) is 3. The zero-order chi connectivity index (χ0) is 23.2. The van der Waals surface area contributed by atoms with Crippen LogP contribution in [0.25, 0.3) is 11.2 Å². The molecule has 3 aromatic heterocycles. The second kappa shape index (κ2) is 7.98. The molecule has 12 nitrogen and oxygen atoms in total. The Morgan fingerprint density at radius 2 is 2.09 bits per heavy atom. The Kier molecular flexibility index (Phi) is 5.46. The van der Waals surface area contributed by atoms with Crippen molar-refractivity contribution in [2.24, 2.45) is 0 Å². The molecule has 3 aromatic rings. The van der Waals surface area contributed by atoms with Gasteiger partial charge in [-0.1, -0.05) is 0 Å². The maximum absolute atomic E-state index is 12.9. The van der Waals surface area contributed by atoms with Crippen molar-refractivity contribution >= 4 is 23.0 Å². The third-order valence-corrected chi connectivity index (χ3v) is 4.62. The number of hydrogen-bond acceptors (Lipinski definition) is 10. The average Bonchev–Trinajstić information content (AvgIpc) is 3.39. The Hall–Kier alpha value is -3.33. The van der Waals surface area contributed by atoms with Gasteiger partial charge in [0.2, 0.25) is 0 Å². The van der Waals surface area contributed by atoms with E-state index in [2.05, 4.69) is 40.2 Å². The number of aromatic amines is 1.